The monoisotopic (exact) mass is 456 g/mol. The highest BCUT2D eigenvalue weighted by Crippen LogP contribution is 2.35. The van der Waals surface area contributed by atoms with Crippen molar-refractivity contribution in [2.75, 3.05) is 5.01 Å². The summed E-state index contributed by atoms with van der Waals surface area (Å²) in [4.78, 5) is -0.133. The Hall–Kier alpha value is -3.23. The van der Waals surface area contributed by atoms with E-state index in [1.54, 1.807) is 17.1 Å². The Bertz CT molecular complexity index is 1230. The number of hydrogen-bond donors (Lipinski definition) is 2. The van der Waals surface area contributed by atoms with Gasteiger partial charge in [0.1, 0.15) is 11.5 Å². The minimum atomic E-state index is -4.04. The smallest absolute Gasteiger partial charge is 0.263 e. The molecule has 1 atom stereocenters. The van der Waals surface area contributed by atoms with Crippen molar-refractivity contribution in [1.82, 2.24) is 4.72 Å². The number of nitrogens with one attached hydrogen (secondary N) is 2. The molecule has 3 aromatic carbocycles. The fourth-order valence-corrected chi connectivity index (χ4v) is 4.42. The van der Waals surface area contributed by atoms with Crippen LogP contribution in [0.15, 0.2) is 88.9 Å². The summed E-state index contributed by atoms with van der Waals surface area (Å²) in [5.41, 5.74) is 2.03. The van der Waals surface area contributed by atoms with Crippen LogP contribution in [-0.4, -0.2) is 20.0 Å². The maximum Gasteiger partial charge on any atom is 0.263 e. The quantitative estimate of drug-likeness (QED) is 0.429. The Labute approximate surface area is 184 Å². The first kappa shape index (κ1) is 21.0. The lowest BCUT2D eigenvalue weighted by molar-refractivity contribution is 0.591. The number of amidine groups is 1. The highest BCUT2D eigenvalue weighted by atomic mass is 35.5. The van der Waals surface area contributed by atoms with E-state index in [0.29, 0.717) is 11.4 Å². The Morgan fingerprint density at radius 2 is 1.68 bits per heavy atom. The Morgan fingerprint density at radius 1 is 1.03 bits per heavy atom. The topological polar surface area (TPSA) is 85.6 Å². The van der Waals surface area contributed by atoms with E-state index in [1.165, 1.54) is 0 Å². The molecule has 6 nitrogen and oxygen atoms in total. The van der Waals surface area contributed by atoms with Crippen LogP contribution >= 0.6 is 11.6 Å². The van der Waals surface area contributed by atoms with E-state index >= 15 is 0 Å². The van der Waals surface area contributed by atoms with Crippen LogP contribution in [0.3, 0.4) is 0 Å². The number of nitrogens with zero attached hydrogens (tertiary/aromatic N) is 2. The van der Waals surface area contributed by atoms with Crippen LogP contribution in [0.2, 0.25) is 5.02 Å². The van der Waals surface area contributed by atoms with Crippen LogP contribution in [0.4, 0.5) is 10.1 Å². The summed E-state index contributed by atoms with van der Waals surface area (Å²) in [5.74, 6) is -0.875. The number of rotatable bonds is 5. The summed E-state index contributed by atoms with van der Waals surface area (Å²) < 4.78 is 40.6. The van der Waals surface area contributed by atoms with E-state index in [1.807, 2.05) is 42.5 Å². The highest BCUT2D eigenvalue weighted by molar-refractivity contribution is 7.90. The molecule has 0 spiro atoms. The van der Waals surface area contributed by atoms with Crippen molar-refractivity contribution in [2.45, 2.75) is 17.4 Å². The van der Waals surface area contributed by atoms with Gasteiger partial charge in [0.05, 0.1) is 16.6 Å². The van der Waals surface area contributed by atoms with Crippen molar-refractivity contribution in [3.05, 3.63) is 95.3 Å². The van der Waals surface area contributed by atoms with Gasteiger partial charge in [0.15, 0.2) is 5.84 Å². The molecule has 1 aliphatic heterocycles. The van der Waals surface area contributed by atoms with Crippen LogP contribution in [-0.2, 0) is 10.0 Å². The fraction of sp³-hybridized carbons (Fsp3) is 0.0909. The molecule has 9 heteroatoms. The van der Waals surface area contributed by atoms with Gasteiger partial charge in [-0.15, -0.1) is 0 Å². The molecule has 31 heavy (non-hydrogen) atoms. The second-order valence-corrected chi connectivity index (χ2v) is 9.05. The second kappa shape index (κ2) is 8.49. The summed E-state index contributed by atoms with van der Waals surface area (Å²) in [6.07, 6.45) is 0.331. The molecule has 2 N–H and O–H groups in total. The molecule has 4 rings (SSSR count). The van der Waals surface area contributed by atoms with Gasteiger partial charge in [-0.1, -0.05) is 41.9 Å². The minimum Gasteiger partial charge on any atom is -0.282 e. The van der Waals surface area contributed by atoms with E-state index < -0.39 is 15.8 Å². The summed E-state index contributed by atoms with van der Waals surface area (Å²) in [5, 5.41) is 15.2. The predicted molar refractivity (Wildman–Crippen MR) is 120 cm³/mol. The number of benzene rings is 3. The van der Waals surface area contributed by atoms with Crippen molar-refractivity contribution < 1.29 is 12.8 Å². The van der Waals surface area contributed by atoms with E-state index in [4.69, 9.17) is 17.0 Å². The molecule has 1 aliphatic rings. The molecular formula is C22H18ClFN4O2S. The molecule has 0 radical (unpaired) electrons. The fourth-order valence-electron chi connectivity index (χ4n) is 3.29. The van der Waals surface area contributed by atoms with Crippen LogP contribution in [0.25, 0.3) is 0 Å². The largest absolute Gasteiger partial charge is 0.282 e. The average molecular weight is 457 g/mol. The van der Waals surface area contributed by atoms with Crippen molar-refractivity contribution in [1.29, 1.82) is 5.41 Å². The number of halogens is 2. The molecule has 0 aromatic heterocycles. The van der Waals surface area contributed by atoms with Crippen LogP contribution < -0.4 is 9.73 Å². The minimum absolute atomic E-state index is 0.133. The molecule has 1 heterocycles. The molecular weight excluding hydrogens is 439 g/mol. The standard InChI is InChI=1S/C22H18ClFN4O2S/c23-16-6-10-18(11-7-16)28-21(15-4-2-1-3-5-15)14-20(26-28)22(25)27-31(29,30)19-12-8-17(24)9-13-19/h1-13,21H,14H2,(H2,25,27). The van der Waals surface area contributed by atoms with Crippen LogP contribution in [0.1, 0.15) is 18.0 Å². The molecule has 0 amide bonds. The van der Waals surface area contributed by atoms with Crippen molar-refractivity contribution >= 4 is 38.9 Å². The third-order valence-corrected chi connectivity index (χ3v) is 6.45. The SMILES string of the molecule is N=C(NS(=O)(=O)c1ccc(F)cc1)C1=NN(c2ccc(Cl)cc2)C(c2ccccc2)C1. The Kier molecular flexibility index (Phi) is 5.75. The zero-order valence-electron chi connectivity index (χ0n) is 16.2. The predicted octanol–water partition coefficient (Wildman–Crippen LogP) is 4.74. The summed E-state index contributed by atoms with van der Waals surface area (Å²) >= 11 is 6.00. The first-order valence-electron chi connectivity index (χ1n) is 9.38. The maximum absolute atomic E-state index is 13.1. The van der Waals surface area contributed by atoms with Crippen LogP contribution in [0.5, 0.6) is 0 Å². The van der Waals surface area contributed by atoms with Gasteiger partial charge in [0.2, 0.25) is 0 Å². The molecule has 0 fully saturated rings. The maximum atomic E-state index is 13.1. The molecule has 3 aromatic rings. The van der Waals surface area contributed by atoms with Gasteiger partial charge in [-0.05, 0) is 54.1 Å². The Morgan fingerprint density at radius 3 is 2.32 bits per heavy atom. The first-order chi connectivity index (χ1) is 14.8. The third kappa shape index (κ3) is 4.60. The van der Waals surface area contributed by atoms with Gasteiger partial charge in [-0.25, -0.2) is 12.8 Å². The second-order valence-electron chi connectivity index (χ2n) is 6.93. The normalized spacial score (nSPS) is 16.1. The first-order valence-corrected chi connectivity index (χ1v) is 11.2. The Balaban J connectivity index is 1.62. The van der Waals surface area contributed by atoms with Gasteiger partial charge in [0, 0.05) is 11.4 Å². The van der Waals surface area contributed by atoms with Crippen molar-refractivity contribution in [3.63, 3.8) is 0 Å². The molecule has 1 unspecified atom stereocenters. The summed E-state index contributed by atoms with van der Waals surface area (Å²) in [6.45, 7) is 0. The number of anilines is 1. The van der Waals surface area contributed by atoms with E-state index in [2.05, 4.69) is 9.82 Å². The lowest BCUT2D eigenvalue weighted by atomic mass is 10.0. The van der Waals surface area contributed by atoms with E-state index in [9.17, 15) is 12.8 Å². The van der Waals surface area contributed by atoms with Crippen molar-refractivity contribution in [2.24, 2.45) is 5.10 Å². The number of hydrazone groups is 1. The summed E-state index contributed by atoms with van der Waals surface area (Å²) in [7, 11) is -4.04. The molecule has 158 valence electrons. The van der Waals surface area contributed by atoms with Gasteiger partial charge in [-0.2, -0.15) is 5.10 Å². The van der Waals surface area contributed by atoms with Gasteiger partial charge < -0.3 is 0 Å². The van der Waals surface area contributed by atoms with E-state index in [0.717, 1.165) is 35.5 Å². The number of sulfonamides is 1. The lowest BCUT2D eigenvalue weighted by Gasteiger charge is -2.24. The van der Waals surface area contributed by atoms with Gasteiger partial charge >= 0.3 is 0 Å². The average Bonchev–Trinajstić information content (AvgIpc) is 3.21. The van der Waals surface area contributed by atoms with Crippen LogP contribution in [0, 0.1) is 11.2 Å². The molecule has 0 saturated heterocycles. The third-order valence-electron chi connectivity index (χ3n) is 4.83. The number of hydrogen-bond acceptors (Lipinski definition) is 5. The van der Waals surface area contributed by atoms with Gasteiger partial charge in [-0.3, -0.25) is 15.1 Å². The van der Waals surface area contributed by atoms with E-state index in [-0.39, 0.29) is 22.5 Å². The molecule has 0 saturated carbocycles. The zero-order chi connectivity index (χ0) is 22.0. The zero-order valence-corrected chi connectivity index (χ0v) is 17.7. The van der Waals surface area contributed by atoms with Crippen molar-refractivity contribution in [3.8, 4) is 0 Å². The molecule has 0 bridgehead atoms. The molecule has 0 aliphatic carbocycles. The summed E-state index contributed by atoms with van der Waals surface area (Å²) in [6, 6.07) is 21.0. The van der Waals surface area contributed by atoms with Gasteiger partial charge in [0.25, 0.3) is 10.0 Å². The highest BCUT2D eigenvalue weighted by Gasteiger charge is 2.32. The lowest BCUT2D eigenvalue weighted by Crippen LogP contribution is -2.35.